The molecule has 0 radical (unpaired) electrons. The number of benzene rings is 1. The molecule has 0 bridgehead atoms. The second kappa shape index (κ2) is 6.48. The maximum Gasteiger partial charge on any atom is 0.119 e. The highest BCUT2D eigenvalue weighted by Crippen LogP contribution is 2.34. The molecule has 0 N–H and O–H groups in total. The van der Waals surface area contributed by atoms with Crippen molar-refractivity contribution < 1.29 is 9.47 Å². The predicted molar refractivity (Wildman–Crippen MR) is 86.9 cm³/mol. The monoisotopic (exact) mass is 340 g/mol. The fourth-order valence-corrected chi connectivity index (χ4v) is 3.13. The average Bonchev–Trinajstić information content (AvgIpc) is 2.46. The zero-order valence-electron chi connectivity index (χ0n) is 12.7. The summed E-state index contributed by atoms with van der Waals surface area (Å²) in [5.41, 5.74) is 1.69. The molecule has 1 aliphatic rings. The van der Waals surface area contributed by atoms with Crippen LogP contribution in [0.1, 0.15) is 39.2 Å². The Bertz CT molecular complexity index is 431. The number of rotatable bonds is 4. The van der Waals surface area contributed by atoms with Gasteiger partial charge < -0.3 is 9.47 Å². The Hall–Kier alpha value is -0.540. The second-order valence-electron chi connectivity index (χ2n) is 6.81. The maximum absolute atomic E-state index is 6.09. The van der Waals surface area contributed by atoms with E-state index >= 15 is 0 Å². The third-order valence-electron chi connectivity index (χ3n) is 4.08. The Kier molecular flexibility index (Phi) is 5.14. The van der Waals surface area contributed by atoms with Crippen molar-refractivity contribution in [3.8, 4) is 5.75 Å². The van der Waals surface area contributed by atoms with Crippen LogP contribution in [0.2, 0.25) is 0 Å². The molecule has 20 heavy (non-hydrogen) atoms. The first-order valence-electron chi connectivity index (χ1n) is 7.32. The molecule has 2 rings (SSSR count). The topological polar surface area (TPSA) is 18.5 Å². The zero-order chi connectivity index (χ0) is 14.6. The van der Waals surface area contributed by atoms with Gasteiger partial charge in [0.25, 0.3) is 0 Å². The van der Waals surface area contributed by atoms with Gasteiger partial charge in [0.1, 0.15) is 5.75 Å². The van der Waals surface area contributed by atoms with E-state index in [0.717, 1.165) is 43.7 Å². The molecule has 1 saturated heterocycles. The summed E-state index contributed by atoms with van der Waals surface area (Å²) < 4.78 is 11.6. The number of halogens is 1. The molecule has 112 valence electrons. The van der Waals surface area contributed by atoms with Gasteiger partial charge in [0, 0.05) is 24.0 Å². The van der Waals surface area contributed by atoms with E-state index in [2.05, 4.69) is 61.0 Å². The van der Waals surface area contributed by atoms with E-state index < -0.39 is 0 Å². The molecule has 2 nitrogen and oxygen atoms in total. The smallest absolute Gasteiger partial charge is 0.119 e. The predicted octanol–water partition coefficient (Wildman–Crippen LogP) is 4.55. The summed E-state index contributed by atoms with van der Waals surface area (Å²) >= 11 is 3.65. The van der Waals surface area contributed by atoms with Gasteiger partial charge in [-0.05, 0) is 36.0 Å². The standard InChI is InChI=1S/C17H25BrO2/c1-16(2,3)14-5-4-6-15(11-14)20-13-17(12-18)7-9-19-10-8-17/h4-6,11H,7-10,12-13H2,1-3H3. The van der Waals surface area contributed by atoms with Gasteiger partial charge >= 0.3 is 0 Å². The summed E-state index contributed by atoms with van der Waals surface area (Å²) in [7, 11) is 0. The Labute approximate surface area is 131 Å². The third-order valence-corrected chi connectivity index (χ3v) is 5.27. The van der Waals surface area contributed by atoms with Crippen LogP contribution in [0.5, 0.6) is 5.75 Å². The molecule has 3 heteroatoms. The van der Waals surface area contributed by atoms with Gasteiger partial charge in [-0.25, -0.2) is 0 Å². The molecule has 0 aromatic heterocycles. The summed E-state index contributed by atoms with van der Waals surface area (Å²) in [5.74, 6) is 0.976. The first-order chi connectivity index (χ1) is 9.45. The molecule has 1 heterocycles. The molecule has 1 aromatic rings. The Morgan fingerprint density at radius 1 is 1.25 bits per heavy atom. The van der Waals surface area contributed by atoms with E-state index in [1.807, 2.05) is 0 Å². The quantitative estimate of drug-likeness (QED) is 0.748. The average molecular weight is 341 g/mol. The molecular formula is C17H25BrO2. The van der Waals surface area contributed by atoms with E-state index in [9.17, 15) is 0 Å². The minimum absolute atomic E-state index is 0.158. The van der Waals surface area contributed by atoms with Gasteiger partial charge in [0.2, 0.25) is 0 Å². The Morgan fingerprint density at radius 2 is 1.95 bits per heavy atom. The van der Waals surface area contributed by atoms with Crippen LogP contribution in [0.4, 0.5) is 0 Å². The Balaban J connectivity index is 2.03. The van der Waals surface area contributed by atoms with E-state index in [1.165, 1.54) is 5.56 Å². The molecule has 0 amide bonds. The van der Waals surface area contributed by atoms with Crippen molar-refractivity contribution in [1.82, 2.24) is 0 Å². The van der Waals surface area contributed by atoms with Gasteiger partial charge in [0.05, 0.1) is 6.61 Å². The van der Waals surface area contributed by atoms with Gasteiger partial charge in [-0.3, -0.25) is 0 Å². The van der Waals surface area contributed by atoms with Gasteiger partial charge in [-0.1, -0.05) is 48.8 Å². The summed E-state index contributed by atoms with van der Waals surface area (Å²) in [6.45, 7) is 9.13. The molecule has 0 aliphatic carbocycles. The van der Waals surface area contributed by atoms with Crippen LogP contribution in [0.3, 0.4) is 0 Å². The highest BCUT2D eigenvalue weighted by Gasteiger charge is 2.32. The van der Waals surface area contributed by atoms with Crippen LogP contribution in [0, 0.1) is 5.41 Å². The van der Waals surface area contributed by atoms with Crippen LogP contribution in [0.15, 0.2) is 24.3 Å². The normalized spacial score (nSPS) is 18.8. The van der Waals surface area contributed by atoms with Crippen LogP contribution in [0.25, 0.3) is 0 Å². The van der Waals surface area contributed by atoms with Crippen molar-refractivity contribution >= 4 is 15.9 Å². The molecule has 1 aliphatic heterocycles. The number of hydrogen-bond donors (Lipinski definition) is 0. The highest BCUT2D eigenvalue weighted by molar-refractivity contribution is 9.09. The lowest BCUT2D eigenvalue weighted by molar-refractivity contribution is 0.00352. The van der Waals surface area contributed by atoms with Crippen molar-refractivity contribution in [2.75, 3.05) is 25.2 Å². The van der Waals surface area contributed by atoms with Crippen molar-refractivity contribution in [1.29, 1.82) is 0 Å². The minimum atomic E-state index is 0.158. The lowest BCUT2D eigenvalue weighted by Crippen LogP contribution is -2.36. The van der Waals surface area contributed by atoms with Crippen molar-refractivity contribution in [3.05, 3.63) is 29.8 Å². The zero-order valence-corrected chi connectivity index (χ0v) is 14.3. The van der Waals surface area contributed by atoms with Crippen LogP contribution in [-0.2, 0) is 10.2 Å². The van der Waals surface area contributed by atoms with Crippen molar-refractivity contribution in [2.45, 2.75) is 39.0 Å². The lowest BCUT2D eigenvalue weighted by Gasteiger charge is -2.35. The number of alkyl halides is 1. The fourth-order valence-electron chi connectivity index (χ4n) is 2.41. The highest BCUT2D eigenvalue weighted by atomic mass is 79.9. The molecule has 1 fully saturated rings. The molecule has 0 saturated carbocycles. The summed E-state index contributed by atoms with van der Waals surface area (Å²) in [4.78, 5) is 0. The largest absolute Gasteiger partial charge is 0.493 e. The van der Waals surface area contributed by atoms with Crippen LogP contribution < -0.4 is 4.74 Å². The lowest BCUT2D eigenvalue weighted by atomic mass is 9.83. The van der Waals surface area contributed by atoms with Crippen molar-refractivity contribution in [3.63, 3.8) is 0 Å². The maximum atomic E-state index is 6.09. The third kappa shape index (κ3) is 3.98. The van der Waals surface area contributed by atoms with Crippen molar-refractivity contribution in [2.24, 2.45) is 5.41 Å². The molecule has 1 aromatic carbocycles. The Morgan fingerprint density at radius 3 is 2.55 bits per heavy atom. The van der Waals surface area contributed by atoms with Crippen LogP contribution in [-0.4, -0.2) is 25.2 Å². The molecule has 0 spiro atoms. The fraction of sp³-hybridized carbons (Fsp3) is 0.647. The number of hydrogen-bond acceptors (Lipinski definition) is 2. The second-order valence-corrected chi connectivity index (χ2v) is 7.37. The van der Waals surface area contributed by atoms with E-state index in [0.29, 0.717) is 0 Å². The van der Waals surface area contributed by atoms with Gasteiger partial charge in [-0.2, -0.15) is 0 Å². The van der Waals surface area contributed by atoms with Gasteiger partial charge in [-0.15, -0.1) is 0 Å². The first-order valence-corrected chi connectivity index (χ1v) is 8.44. The van der Waals surface area contributed by atoms with Gasteiger partial charge in [0.15, 0.2) is 0 Å². The molecular weight excluding hydrogens is 316 g/mol. The van der Waals surface area contributed by atoms with E-state index in [4.69, 9.17) is 9.47 Å². The van der Waals surface area contributed by atoms with E-state index in [1.54, 1.807) is 0 Å². The summed E-state index contributed by atoms with van der Waals surface area (Å²) in [6.07, 6.45) is 2.13. The summed E-state index contributed by atoms with van der Waals surface area (Å²) in [6, 6.07) is 8.47. The molecule has 0 unspecified atom stereocenters. The molecule has 0 atom stereocenters. The van der Waals surface area contributed by atoms with Crippen LogP contribution >= 0.6 is 15.9 Å². The first kappa shape index (κ1) is 15.8. The summed E-state index contributed by atoms with van der Waals surface area (Å²) in [5, 5.41) is 0.975. The number of ether oxygens (including phenoxy) is 2. The SMILES string of the molecule is CC(C)(C)c1cccc(OCC2(CBr)CCOCC2)c1. The minimum Gasteiger partial charge on any atom is -0.493 e. The van der Waals surface area contributed by atoms with E-state index in [-0.39, 0.29) is 10.8 Å².